The third-order valence-corrected chi connectivity index (χ3v) is 4.67. The van der Waals surface area contributed by atoms with Crippen molar-refractivity contribution in [2.45, 2.75) is 0 Å². The molecule has 178 valence electrons. The molecule has 0 unspecified atom stereocenters. The second-order valence-electron chi connectivity index (χ2n) is 6.65. The smallest absolute Gasteiger partial charge is 0.332 e. The molecule has 0 atom stereocenters. The molecular formula is C20H24N4O9. The number of hydrogen-bond donors (Lipinski definition) is 2. The van der Waals surface area contributed by atoms with Gasteiger partial charge >= 0.3 is 11.7 Å². The van der Waals surface area contributed by atoms with Gasteiger partial charge in [0.1, 0.15) is 17.9 Å². The third kappa shape index (κ3) is 5.14. The number of carbonyl (C=O) groups excluding carboxylic acids is 3. The number of carbonyl (C=O) groups is 3. The zero-order valence-corrected chi connectivity index (χ0v) is 18.7. The van der Waals surface area contributed by atoms with E-state index in [1.807, 2.05) is 0 Å². The summed E-state index contributed by atoms with van der Waals surface area (Å²) in [5.41, 5.74) is 3.72. The Hall–Kier alpha value is -4.29. The third-order valence-electron chi connectivity index (χ3n) is 4.67. The zero-order chi connectivity index (χ0) is 24.9. The summed E-state index contributed by atoms with van der Waals surface area (Å²) < 4.78 is 22.0. The van der Waals surface area contributed by atoms with Crippen LogP contribution in [0.15, 0.2) is 21.7 Å². The number of methoxy groups -OCH3 is 3. The largest absolute Gasteiger partial charge is 0.493 e. The van der Waals surface area contributed by atoms with E-state index in [2.05, 4.69) is 5.32 Å². The van der Waals surface area contributed by atoms with Crippen molar-refractivity contribution < 1.29 is 33.3 Å². The van der Waals surface area contributed by atoms with E-state index in [-0.39, 0.29) is 22.9 Å². The molecular weight excluding hydrogens is 440 g/mol. The van der Waals surface area contributed by atoms with Gasteiger partial charge in [0.25, 0.3) is 11.5 Å². The van der Waals surface area contributed by atoms with E-state index in [9.17, 15) is 24.0 Å². The number of aromatic nitrogens is 2. The van der Waals surface area contributed by atoms with Gasteiger partial charge in [-0.25, -0.2) is 4.79 Å². The molecule has 0 aliphatic rings. The Balaban J connectivity index is 2.05. The minimum absolute atomic E-state index is 0.120. The van der Waals surface area contributed by atoms with Crippen LogP contribution in [0.5, 0.6) is 17.2 Å². The molecule has 2 aromatic rings. The first kappa shape index (κ1) is 25.0. The van der Waals surface area contributed by atoms with Gasteiger partial charge in [0.05, 0.1) is 21.3 Å². The lowest BCUT2D eigenvalue weighted by Crippen LogP contribution is -2.42. The van der Waals surface area contributed by atoms with Crippen molar-refractivity contribution in [2.24, 2.45) is 14.1 Å². The number of ketones is 1. The van der Waals surface area contributed by atoms with Gasteiger partial charge in [-0.2, -0.15) is 0 Å². The molecule has 13 heteroatoms. The molecule has 0 aliphatic carbocycles. The van der Waals surface area contributed by atoms with Gasteiger partial charge < -0.3 is 30.0 Å². The number of ether oxygens (including phenoxy) is 4. The first-order chi connectivity index (χ1) is 15.6. The van der Waals surface area contributed by atoms with Crippen LogP contribution in [0.3, 0.4) is 0 Å². The van der Waals surface area contributed by atoms with Crippen LogP contribution in [0.25, 0.3) is 0 Å². The summed E-state index contributed by atoms with van der Waals surface area (Å²) in [7, 11) is 6.66. The predicted molar refractivity (Wildman–Crippen MR) is 115 cm³/mol. The van der Waals surface area contributed by atoms with Crippen molar-refractivity contribution in [3.8, 4) is 17.2 Å². The molecule has 0 fully saturated rings. The highest BCUT2D eigenvalue weighted by molar-refractivity contribution is 6.01. The highest BCUT2D eigenvalue weighted by Gasteiger charge is 2.22. The number of amides is 1. The molecule has 0 aliphatic heterocycles. The average molecular weight is 464 g/mol. The first-order valence-electron chi connectivity index (χ1n) is 9.39. The molecule has 0 bridgehead atoms. The molecule has 0 saturated heterocycles. The van der Waals surface area contributed by atoms with E-state index in [4.69, 9.17) is 24.7 Å². The quantitative estimate of drug-likeness (QED) is 0.341. The topological polar surface area (TPSA) is 170 Å². The van der Waals surface area contributed by atoms with E-state index in [1.54, 1.807) is 0 Å². The maximum absolute atomic E-state index is 12.4. The van der Waals surface area contributed by atoms with Crippen LogP contribution in [0.4, 0.5) is 5.82 Å². The zero-order valence-electron chi connectivity index (χ0n) is 18.7. The average Bonchev–Trinajstić information content (AvgIpc) is 2.82. The minimum Gasteiger partial charge on any atom is -0.493 e. The molecule has 3 N–H and O–H groups in total. The van der Waals surface area contributed by atoms with Gasteiger partial charge in [0.2, 0.25) is 11.5 Å². The first-order valence-corrected chi connectivity index (χ1v) is 9.39. The molecule has 1 amide bonds. The fraction of sp³-hybridized carbons (Fsp3) is 0.350. The lowest BCUT2D eigenvalue weighted by Gasteiger charge is -2.14. The number of hydrogen-bond acceptors (Lipinski definition) is 10. The normalized spacial score (nSPS) is 10.3. The summed E-state index contributed by atoms with van der Waals surface area (Å²) >= 11 is 0. The van der Waals surface area contributed by atoms with Crippen molar-refractivity contribution in [3.05, 3.63) is 44.1 Å². The highest BCUT2D eigenvalue weighted by atomic mass is 16.5. The van der Waals surface area contributed by atoms with E-state index >= 15 is 0 Å². The number of rotatable bonds is 9. The van der Waals surface area contributed by atoms with Crippen LogP contribution < -0.4 is 36.5 Å². The summed E-state index contributed by atoms with van der Waals surface area (Å²) in [6, 6.07) is 2.79. The van der Waals surface area contributed by atoms with Gasteiger partial charge in [-0.05, 0) is 12.1 Å². The minimum atomic E-state index is -0.940. The van der Waals surface area contributed by atoms with Crippen molar-refractivity contribution in [2.75, 3.05) is 40.2 Å². The van der Waals surface area contributed by atoms with Crippen LogP contribution in [0, 0.1) is 0 Å². The Morgan fingerprint density at radius 3 is 2.06 bits per heavy atom. The molecule has 33 heavy (non-hydrogen) atoms. The van der Waals surface area contributed by atoms with Gasteiger partial charge in [-0.3, -0.25) is 28.3 Å². The van der Waals surface area contributed by atoms with Crippen molar-refractivity contribution >= 4 is 23.5 Å². The van der Waals surface area contributed by atoms with Crippen LogP contribution in [0.1, 0.15) is 20.7 Å². The number of anilines is 1. The van der Waals surface area contributed by atoms with Crippen LogP contribution in [0.2, 0.25) is 0 Å². The lowest BCUT2D eigenvalue weighted by molar-refractivity contribution is -0.141. The monoisotopic (exact) mass is 464 g/mol. The highest BCUT2D eigenvalue weighted by Crippen LogP contribution is 2.38. The van der Waals surface area contributed by atoms with Crippen LogP contribution in [-0.2, 0) is 23.6 Å². The molecule has 0 spiro atoms. The SMILES string of the molecule is COc1cc(C(=O)NCC(=O)OCC(=O)c2c(N)n(C)c(=O)n(C)c2=O)cc(OC)c1OC. The lowest BCUT2D eigenvalue weighted by atomic mass is 10.1. The standard InChI is InChI=1S/C20H24N4O9/c1-23-17(21)15(19(28)24(2)20(23)29)11(25)9-33-14(26)8-22-18(27)10-6-12(30-3)16(32-5)13(7-10)31-4/h6-7H,8-9,21H2,1-5H3,(H,22,27). The maximum Gasteiger partial charge on any atom is 0.332 e. The summed E-state index contributed by atoms with van der Waals surface area (Å²) in [5.74, 6) is -2.05. The Kier molecular flexibility index (Phi) is 7.83. The fourth-order valence-electron chi connectivity index (χ4n) is 2.86. The van der Waals surface area contributed by atoms with Gasteiger partial charge in [-0.15, -0.1) is 0 Å². The van der Waals surface area contributed by atoms with Crippen molar-refractivity contribution in [3.63, 3.8) is 0 Å². The fourth-order valence-corrected chi connectivity index (χ4v) is 2.86. The van der Waals surface area contributed by atoms with Gasteiger partial charge in [0, 0.05) is 19.7 Å². The van der Waals surface area contributed by atoms with Crippen LogP contribution in [-0.4, -0.2) is 61.3 Å². The number of benzene rings is 1. The second kappa shape index (κ2) is 10.3. The van der Waals surface area contributed by atoms with Crippen molar-refractivity contribution in [1.82, 2.24) is 14.5 Å². The number of nitrogen functional groups attached to an aromatic ring is 1. The van der Waals surface area contributed by atoms with Gasteiger partial charge in [0.15, 0.2) is 18.1 Å². The number of nitrogens with one attached hydrogen (secondary N) is 1. The predicted octanol–water partition coefficient (Wildman–Crippen LogP) is -1.15. The van der Waals surface area contributed by atoms with E-state index in [0.717, 1.165) is 4.57 Å². The molecule has 13 nitrogen and oxygen atoms in total. The van der Waals surface area contributed by atoms with Crippen molar-refractivity contribution in [1.29, 1.82) is 0 Å². The summed E-state index contributed by atoms with van der Waals surface area (Å²) in [6.07, 6.45) is 0. The Morgan fingerprint density at radius 1 is 0.970 bits per heavy atom. The number of esters is 1. The Morgan fingerprint density at radius 2 is 1.55 bits per heavy atom. The molecule has 1 aromatic heterocycles. The van der Waals surface area contributed by atoms with Crippen LogP contribution >= 0.6 is 0 Å². The van der Waals surface area contributed by atoms with E-state index in [0.29, 0.717) is 10.3 Å². The Labute approximate surface area is 187 Å². The molecule has 2 rings (SSSR count). The summed E-state index contributed by atoms with van der Waals surface area (Å²) in [6.45, 7) is -1.37. The molecule has 0 saturated carbocycles. The van der Waals surface area contributed by atoms with Gasteiger partial charge in [-0.1, -0.05) is 0 Å². The maximum atomic E-state index is 12.4. The van der Waals surface area contributed by atoms with E-state index in [1.165, 1.54) is 47.6 Å². The number of Topliss-reactive ketones (excluding diaryl/α,β-unsaturated/α-hetero) is 1. The Bertz CT molecular complexity index is 1190. The molecule has 1 heterocycles. The number of nitrogens with two attached hydrogens (primary N) is 1. The molecule has 1 aromatic carbocycles. The summed E-state index contributed by atoms with van der Waals surface area (Å²) in [4.78, 5) is 60.8. The second-order valence-corrected chi connectivity index (χ2v) is 6.65. The molecule has 0 radical (unpaired) electrons. The number of nitrogens with zero attached hydrogens (tertiary/aromatic N) is 2. The summed E-state index contributed by atoms with van der Waals surface area (Å²) in [5, 5.41) is 2.34. The van der Waals surface area contributed by atoms with E-state index < -0.39 is 47.6 Å².